The van der Waals surface area contributed by atoms with Crippen LogP contribution < -0.4 is 16.2 Å². The number of hydrogen-bond acceptors (Lipinski definition) is 4. The minimum absolute atomic E-state index is 0.210. The van der Waals surface area contributed by atoms with Crippen molar-refractivity contribution in [3.05, 3.63) is 68.8 Å². The van der Waals surface area contributed by atoms with Crippen LogP contribution in [0.25, 0.3) is 10.6 Å². The van der Waals surface area contributed by atoms with Gasteiger partial charge in [-0.15, -0.1) is 11.3 Å². The lowest BCUT2D eigenvalue weighted by atomic mass is 10.2. The number of thiophene rings is 1. The molecule has 0 radical (unpaired) electrons. The molecule has 0 saturated carbocycles. The molecule has 0 bridgehead atoms. The van der Waals surface area contributed by atoms with Crippen LogP contribution in [0.1, 0.15) is 5.56 Å². The van der Waals surface area contributed by atoms with Gasteiger partial charge < -0.3 is 10.6 Å². The topological polar surface area (TPSA) is 76.0 Å². The highest BCUT2D eigenvalue weighted by Crippen LogP contribution is 2.23. The van der Waals surface area contributed by atoms with Crippen molar-refractivity contribution in [2.75, 3.05) is 11.9 Å². The third kappa shape index (κ3) is 4.30. The summed E-state index contributed by atoms with van der Waals surface area (Å²) in [6, 6.07) is 12.0. The number of benzene rings is 1. The Morgan fingerprint density at radius 3 is 2.85 bits per heavy atom. The fourth-order valence-electron chi connectivity index (χ4n) is 2.35. The molecule has 0 fully saturated rings. The first-order valence-corrected chi connectivity index (χ1v) is 9.22. The SMILES string of the molecule is Cc1c(Cl)cccc1NC(=O)NCCn1nc(-c2cccs2)ccc1=O. The lowest BCUT2D eigenvalue weighted by Gasteiger charge is -2.11. The van der Waals surface area contributed by atoms with Crippen molar-refractivity contribution in [1.29, 1.82) is 0 Å². The van der Waals surface area contributed by atoms with Crippen LogP contribution in [-0.4, -0.2) is 22.4 Å². The second-order valence-electron chi connectivity index (χ2n) is 5.55. The van der Waals surface area contributed by atoms with Gasteiger partial charge in [0.25, 0.3) is 5.56 Å². The van der Waals surface area contributed by atoms with E-state index >= 15 is 0 Å². The Morgan fingerprint density at radius 2 is 2.08 bits per heavy atom. The smallest absolute Gasteiger partial charge is 0.319 e. The first-order chi connectivity index (χ1) is 12.5. The second-order valence-corrected chi connectivity index (χ2v) is 6.91. The van der Waals surface area contributed by atoms with E-state index in [4.69, 9.17) is 11.6 Å². The van der Waals surface area contributed by atoms with Crippen molar-refractivity contribution in [2.24, 2.45) is 0 Å². The molecule has 2 amide bonds. The van der Waals surface area contributed by atoms with Crippen LogP contribution >= 0.6 is 22.9 Å². The maximum atomic E-state index is 12.0. The van der Waals surface area contributed by atoms with Gasteiger partial charge in [0.1, 0.15) is 5.69 Å². The van der Waals surface area contributed by atoms with E-state index in [2.05, 4.69) is 15.7 Å². The standard InChI is InChI=1S/C18H17ClN4O2S/c1-12-13(19)4-2-5-14(12)21-18(25)20-9-10-23-17(24)8-7-15(22-23)16-6-3-11-26-16/h2-8,11H,9-10H2,1H3,(H2,20,21,25). The average Bonchev–Trinajstić information content (AvgIpc) is 3.15. The highest BCUT2D eigenvalue weighted by molar-refractivity contribution is 7.13. The molecule has 1 aromatic carbocycles. The van der Waals surface area contributed by atoms with Crippen molar-refractivity contribution < 1.29 is 4.79 Å². The number of amides is 2. The molecule has 3 aromatic rings. The molecule has 2 heterocycles. The predicted octanol–water partition coefficient (Wildman–Crippen LogP) is 3.76. The van der Waals surface area contributed by atoms with Crippen LogP contribution in [0.4, 0.5) is 10.5 Å². The Balaban J connectivity index is 1.59. The van der Waals surface area contributed by atoms with Gasteiger partial charge in [-0.1, -0.05) is 23.7 Å². The summed E-state index contributed by atoms with van der Waals surface area (Å²) in [6.45, 7) is 2.38. The fourth-order valence-corrected chi connectivity index (χ4v) is 3.21. The van der Waals surface area contributed by atoms with Gasteiger partial charge in [-0.2, -0.15) is 5.10 Å². The molecule has 26 heavy (non-hydrogen) atoms. The molecule has 0 aliphatic heterocycles. The van der Waals surface area contributed by atoms with Gasteiger partial charge in [-0.05, 0) is 42.1 Å². The van der Waals surface area contributed by atoms with Crippen LogP contribution in [-0.2, 0) is 6.54 Å². The summed E-state index contributed by atoms with van der Waals surface area (Å²) in [5, 5.41) is 12.4. The number of carbonyl (C=O) groups excluding carboxylic acids is 1. The molecule has 0 unspecified atom stereocenters. The van der Waals surface area contributed by atoms with Crippen molar-refractivity contribution in [3.63, 3.8) is 0 Å². The zero-order valence-corrected chi connectivity index (χ0v) is 15.6. The average molecular weight is 389 g/mol. The fraction of sp³-hybridized carbons (Fsp3) is 0.167. The molecule has 0 aliphatic carbocycles. The Kier molecular flexibility index (Phi) is 5.70. The third-order valence-corrected chi connectivity index (χ3v) is 5.07. The number of urea groups is 1. The number of halogens is 1. The van der Waals surface area contributed by atoms with Crippen LogP contribution in [0.2, 0.25) is 5.02 Å². The number of nitrogens with one attached hydrogen (secondary N) is 2. The molecule has 0 saturated heterocycles. The number of hydrogen-bond donors (Lipinski definition) is 2. The summed E-state index contributed by atoms with van der Waals surface area (Å²) in [5.74, 6) is 0. The molecular formula is C18H17ClN4O2S. The molecule has 8 heteroatoms. The van der Waals surface area contributed by atoms with Gasteiger partial charge in [-0.3, -0.25) is 4.79 Å². The van der Waals surface area contributed by atoms with E-state index in [1.165, 1.54) is 10.7 Å². The second kappa shape index (κ2) is 8.16. The Labute approximate surface area is 159 Å². The highest BCUT2D eigenvalue weighted by Gasteiger charge is 2.07. The number of aromatic nitrogens is 2. The first-order valence-electron chi connectivity index (χ1n) is 7.96. The monoisotopic (exact) mass is 388 g/mol. The number of nitrogens with zero attached hydrogens (tertiary/aromatic N) is 2. The Hall–Kier alpha value is -2.64. The van der Waals surface area contributed by atoms with Crippen molar-refractivity contribution in [1.82, 2.24) is 15.1 Å². The molecule has 0 aliphatic rings. The largest absolute Gasteiger partial charge is 0.336 e. The van der Waals surface area contributed by atoms with E-state index in [1.807, 2.05) is 24.4 Å². The van der Waals surface area contributed by atoms with Crippen LogP contribution in [0, 0.1) is 6.92 Å². The predicted molar refractivity (Wildman–Crippen MR) is 105 cm³/mol. The van der Waals surface area contributed by atoms with Crippen molar-refractivity contribution >= 4 is 34.7 Å². The minimum atomic E-state index is -0.363. The van der Waals surface area contributed by atoms with Crippen LogP contribution in [0.15, 0.2) is 52.6 Å². The van der Waals surface area contributed by atoms with E-state index in [0.29, 0.717) is 10.7 Å². The molecule has 6 nitrogen and oxygen atoms in total. The van der Waals surface area contributed by atoms with E-state index in [0.717, 1.165) is 16.1 Å². The van der Waals surface area contributed by atoms with Crippen molar-refractivity contribution in [3.8, 4) is 10.6 Å². The lowest BCUT2D eigenvalue weighted by molar-refractivity contribution is 0.251. The van der Waals surface area contributed by atoms with Gasteiger partial charge in [0, 0.05) is 23.3 Å². The first kappa shape index (κ1) is 18.2. The zero-order valence-electron chi connectivity index (χ0n) is 14.0. The van der Waals surface area contributed by atoms with Crippen LogP contribution in [0.5, 0.6) is 0 Å². The lowest BCUT2D eigenvalue weighted by Crippen LogP contribution is -2.34. The van der Waals surface area contributed by atoms with Crippen LogP contribution in [0.3, 0.4) is 0 Å². The van der Waals surface area contributed by atoms with Gasteiger partial charge >= 0.3 is 6.03 Å². The van der Waals surface area contributed by atoms with Gasteiger partial charge in [0.05, 0.1) is 11.4 Å². The van der Waals surface area contributed by atoms with Gasteiger partial charge in [0.15, 0.2) is 0 Å². The molecule has 134 valence electrons. The molecule has 2 N–H and O–H groups in total. The van der Waals surface area contributed by atoms with E-state index in [1.54, 1.807) is 35.6 Å². The maximum absolute atomic E-state index is 12.0. The molecule has 0 spiro atoms. The van der Waals surface area contributed by atoms with Gasteiger partial charge in [-0.25, -0.2) is 9.48 Å². The minimum Gasteiger partial charge on any atom is -0.336 e. The zero-order chi connectivity index (χ0) is 18.5. The molecular weight excluding hydrogens is 372 g/mol. The third-order valence-electron chi connectivity index (χ3n) is 3.77. The normalized spacial score (nSPS) is 10.5. The molecule has 2 aromatic heterocycles. The highest BCUT2D eigenvalue weighted by atomic mass is 35.5. The van der Waals surface area contributed by atoms with E-state index in [9.17, 15) is 9.59 Å². The summed E-state index contributed by atoms with van der Waals surface area (Å²) >= 11 is 7.59. The number of rotatable bonds is 5. The Morgan fingerprint density at radius 1 is 1.23 bits per heavy atom. The van der Waals surface area contributed by atoms with Gasteiger partial charge in [0.2, 0.25) is 0 Å². The summed E-state index contributed by atoms with van der Waals surface area (Å²) in [6.07, 6.45) is 0. The maximum Gasteiger partial charge on any atom is 0.319 e. The van der Waals surface area contributed by atoms with E-state index < -0.39 is 0 Å². The number of carbonyl (C=O) groups is 1. The molecule has 0 atom stereocenters. The van der Waals surface area contributed by atoms with E-state index in [-0.39, 0.29) is 24.7 Å². The quantitative estimate of drug-likeness (QED) is 0.698. The summed E-state index contributed by atoms with van der Waals surface area (Å²) in [5.41, 5.74) is 1.97. The Bertz CT molecular complexity index is 970. The van der Waals surface area contributed by atoms with Crippen molar-refractivity contribution in [2.45, 2.75) is 13.5 Å². The summed E-state index contributed by atoms with van der Waals surface area (Å²) in [4.78, 5) is 25.0. The number of anilines is 1. The molecule has 3 rings (SSSR count). The summed E-state index contributed by atoms with van der Waals surface area (Å²) in [7, 11) is 0. The summed E-state index contributed by atoms with van der Waals surface area (Å²) < 4.78 is 1.35.